The highest BCUT2D eigenvalue weighted by molar-refractivity contribution is 6.99. The minimum atomic E-state index is -2.79. The van der Waals surface area contributed by atoms with Crippen LogP contribution in [0.5, 0.6) is 0 Å². The van der Waals surface area contributed by atoms with E-state index in [-0.39, 0.29) is 22.3 Å². The predicted molar refractivity (Wildman–Crippen MR) is 170 cm³/mol. The van der Waals surface area contributed by atoms with Crippen LogP contribution in [0.3, 0.4) is 0 Å². The van der Waals surface area contributed by atoms with Gasteiger partial charge in [-0.15, -0.1) is 0 Å². The van der Waals surface area contributed by atoms with Crippen LogP contribution in [-0.2, 0) is 18.3 Å². The van der Waals surface area contributed by atoms with E-state index in [1.807, 2.05) is 39.0 Å². The largest absolute Gasteiger partial charge is 0.414 e. The fourth-order valence-corrected chi connectivity index (χ4v) is 10.8. The van der Waals surface area contributed by atoms with E-state index in [2.05, 4.69) is 103 Å². The van der Waals surface area contributed by atoms with E-state index in [0.717, 1.165) is 0 Å². The Bertz CT molecular complexity index is 1060. The van der Waals surface area contributed by atoms with Crippen LogP contribution < -0.4 is 10.4 Å². The molecule has 0 spiro atoms. The molecule has 0 aromatic heterocycles. The molecule has 3 rings (SSSR count). The SMILES string of the molecule is C[C@H](O[Si](c1ccccc1)(c1ccccc1)C(C)(C)C)[C@@H](O)/C=C/[C@@H]1OC(C)(C)O[C@H]1CO[Si](C)(C)C(C)(C)C. The average molecular weight is 585 g/mol. The molecule has 0 aliphatic carbocycles. The third-order valence-corrected chi connectivity index (χ3v) is 18.0. The second kappa shape index (κ2) is 12.3. The van der Waals surface area contributed by atoms with Crippen molar-refractivity contribution in [2.75, 3.05) is 6.61 Å². The summed E-state index contributed by atoms with van der Waals surface area (Å²) >= 11 is 0. The van der Waals surface area contributed by atoms with E-state index in [4.69, 9.17) is 18.3 Å². The van der Waals surface area contributed by atoms with E-state index in [1.165, 1.54) is 10.4 Å². The molecule has 2 aromatic rings. The molecule has 222 valence electrons. The minimum absolute atomic E-state index is 0.108. The maximum Gasteiger partial charge on any atom is 0.261 e. The van der Waals surface area contributed by atoms with Gasteiger partial charge in [0.25, 0.3) is 8.32 Å². The molecule has 1 aliphatic rings. The molecule has 0 bridgehead atoms. The Labute approximate surface area is 245 Å². The number of hydrogen-bond donors (Lipinski definition) is 1. The Morgan fingerprint density at radius 2 is 1.38 bits per heavy atom. The van der Waals surface area contributed by atoms with E-state index in [9.17, 15) is 5.11 Å². The van der Waals surface area contributed by atoms with Crippen LogP contribution in [0.25, 0.3) is 0 Å². The minimum Gasteiger partial charge on any atom is -0.414 e. The number of benzene rings is 2. The number of aliphatic hydroxyl groups excluding tert-OH is 1. The van der Waals surface area contributed by atoms with Crippen LogP contribution in [0.1, 0.15) is 62.3 Å². The van der Waals surface area contributed by atoms with Crippen molar-refractivity contribution in [3.05, 3.63) is 72.8 Å². The summed E-state index contributed by atoms with van der Waals surface area (Å²) in [5.41, 5.74) is 0. The molecule has 7 heteroatoms. The predicted octanol–water partition coefficient (Wildman–Crippen LogP) is 6.41. The lowest BCUT2D eigenvalue weighted by Gasteiger charge is -2.45. The van der Waals surface area contributed by atoms with Crippen molar-refractivity contribution in [2.45, 2.75) is 116 Å². The van der Waals surface area contributed by atoms with Crippen LogP contribution >= 0.6 is 0 Å². The smallest absolute Gasteiger partial charge is 0.261 e. The van der Waals surface area contributed by atoms with Crippen molar-refractivity contribution in [3.63, 3.8) is 0 Å². The molecule has 0 saturated carbocycles. The lowest BCUT2D eigenvalue weighted by atomic mass is 10.1. The summed E-state index contributed by atoms with van der Waals surface area (Å²) in [6.45, 7) is 24.2. The van der Waals surface area contributed by atoms with E-state index in [0.29, 0.717) is 6.61 Å². The summed E-state index contributed by atoms with van der Waals surface area (Å²) in [7, 11) is -4.73. The fraction of sp³-hybridized carbons (Fsp3) is 0.576. The van der Waals surface area contributed by atoms with Gasteiger partial charge >= 0.3 is 0 Å². The molecular formula is C33H52O5Si2. The average Bonchev–Trinajstić information content (AvgIpc) is 3.17. The highest BCUT2D eigenvalue weighted by atomic mass is 28.4. The van der Waals surface area contributed by atoms with Gasteiger partial charge in [0.05, 0.1) is 18.8 Å². The number of rotatable bonds is 10. The highest BCUT2D eigenvalue weighted by Gasteiger charge is 2.51. The summed E-state index contributed by atoms with van der Waals surface area (Å²) in [6.07, 6.45) is 1.88. The molecule has 0 unspecified atom stereocenters. The molecule has 1 fully saturated rings. The summed E-state index contributed by atoms with van der Waals surface area (Å²) in [4.78, 5) is 0. The van der Waals surface area contributed by atoms with Gasteiger partial charge in [-0.2, -0.15) is 0 Å². The zero-order chi connectivity index (χ0) is 30.0. The number of aliphatic hydroxyl groups is 1. The Balaban J connectivity index is 1.84. The Morgan fingerprint density at radius 1 is 0.875 bits per heavy atom. The van der Waals surface area contributed by atoms with E-state index < -0.39 is 34.6 Å². The lowest BCUT2D eigenvalue weighted by molar-refractivity contribution is -0.145. The fourth-order valence-electron chi connectivity index (χ4n) is 5.08. The third-order valence-electron chi connectivity index (χ3n) is 8.39. The second-order valence-corrected chi connectivity index (χ2v) is 23.1. The summed E-state index contributed by atoms with van der Waals surface area (Å²) in [5.74, 6) is -0.724. The lowest BCUT2D eigenvalue weighted by Crippen LogP contribution is -2.68. The molecular weight excluding hydrogens is 533 g/mol. The van der Waals surface area contributed by atoms with Gasteiger partial charge in [0, 0.05) is 0 Å². The van der Waals surface area contributed by atoms with Crippen molar-refractivity contribution >= 4 is 27.0 Å². The zero-order valence-corrected chi connectivity index (χ0v) is 28.5. The topological polar surface area (TPSA) is 57.2 Å². The van der Waals surface area contributed by atoms with Gasteiger partial charge in [0.15, 0.2) is 14.1 Å². The van der Waals surface area contributed by atoms with Crippen molar-refractivity contribution in [1.82, 2.24) is 0 Å². The maximum atomic E-state index is 11.4. The van der Waals surface area contributed by atoms with Crippen molar-refractivity contribution in [1.29, 1.82) is 0 Å². The first-order chi connectivity index (χ1) is 18.4. The number of ether oxygens (including phenoxy) is 2. The van der Waals surface area contributed by atoms with Crippen molar-refractivity contribution in [3.8, 4) is 0 Å². The highest BCUT2D eigenvalue weighted by Crippen LogP contribution is 2.39. The Morgan fingerprint density at radius 3 is 1.82 bits per heavy atom. The van der Waals surface area contributed by atoms with E-state index in [1.54, 1.807) is 6.08 Å². The zero-order valence-electron chi connectivity index (χ0n) is 26.5. The van der Waals surface area contributed by atoms with Gasteiger partial charge in [-0.1, -0.05) is 114 Å². The Kier molecular flexibility index (Phi) is 10.2. The van der Waals surface area contributed by atoms with Crippen LogP contribution in [0.4, 0.5) is 0 Å². The maximum absolute atomic E-state index is 11.4. The molecule has 40 heavy (non-hydrogen) atoms. The first kappa shape index (κ1) is 32.9. The van der Waals surface area contributed by atoms with Crippen LogP contribution in [0.2, 0.25) is 23.2 Å². The van der Waals surface area contributed by atoms with Gasteiger partial charge in [-0.05, 0) is 54.3 Å². The molecule has 4 atom stereocenters. The molecule has 1 aliphatic heterocycles. The molecule has 5 nitrogen and oxygen atoms in total. The summed E-state index contributed by atoms with van der Waals surface area (Å²) < 4.78 is 26.0. The van der Waals surface area contributed by atoms with Crippen molar-refractivity contribution in [2.24, 2.45) is 0 Å². The quantitative estimate of drug-likeness (QED) is 0.258. The molecule has 0 amide bonds. The van der Waals surface area contributed by atoms with Gasteiger partial charge in [0.2, 0.25) is 0 Å². The number of hydrogen-bond acceptors (Lipinski definition) is 5. The van der Waals surface area contributed by atoms with E-state index >= 15 is 0 Å². The molecule has 1 N–H and O–H groups in total. The van der Waals surface area contributed by atoms with Crippen LogP contribution in [-0.4, -0.2) is 58.6 Å². The molecule has 0 radical (unpaired) electrons. The normalized spacial score (nSPS) is 22.0. The summed E-state index contributed by atoms with van der Waals surface area (Å²) in [5, 5.41) is 13.7. The first-order valence-electron chi connectivity index (χ1n) is 14.5. The monoisotopic (exact) mass is 584 g/mol. The van der Waals surface area contributed by atoms with Gasteiger partial charge < -0.3 is 23.4 Å². The standard InChI is InChI=1S/C33H52O5Si2/c1-25(38-40(32(5,6)7,26-18-14-12-15-19-26)27-20-16-13-17-21-27)28(34)22-23-29-30(37-33(8,9)36-29)24-35-39(10,11)31(2,3)4/h12-23,25,28-30,34H,24H2,1-11H3/b23-22+/t25-,28-,29-,30-/m0/s1. The summed E-state index contributed by atoms with van der Waals surface area (Å²) in [6, 6.07) is 21.0. The third kappa shape index (κ3) is 7.43. The second-order valence-electron chi connectivity index (χ2n) is 14.1. The van der Waals surface area contributed by atoms with Gasteiger partial charge in [-0.3, -0.25) is 0 Å². The van der Waals surface area contributed by atoms with Gasteiger partial charge in [0.1, 0.15) is 12.2 Å². The molecule has 1 heterocycles. The molecule has 1 saturated heterocycles. The molecule has 2 aromatic carbocycles. The van der Waals surface area contributed by atoms with Gasteiger partial charge in [-0.25, -0.2) is 0 Å². The first-order valence-corrected chi connectivity index (χ1v) is 19.4. The Hall–Kier alpha value is -1.59. The van der Waals surface area contributed by atoms with Crippen LogP contribution in [0.15, 0.2) is 72.8 Å². The van der Waals surface area contributed by atoms with Crippen molar-refractivity contribution < 1.29 is 23.4 Å². The van der Waals surface area contributed by atoms with Crippen LogP contribution in [0, 0.1) is 0 Å².